The van der Waals surface area contributed by atoms with Crippen LogP contribution in [0.5, 0.6) is 5.75 Å². The average molecular weight is 269 g/mol. The van der Waals surface area contributed by atoms with Crippen LogP contribution in [0.4, 0.5) is 14.5 Å². The highest BCUT2D eigenvalue weighted by Gasteiger charge is 2.21. The lowest BCUT2D eigenvalue weighted by molar-refractivity contribution is -0.0494. The first-order valence-corrected chi connectivity index (χ1v) is 6.99. The zero-order chi connectivity index (χ0) is 13.7. The van der Waals surface area contributed by atoms with Crippen LogP contribution in [-0.4, -0.2) is 12.7 Å². The molecule has 106 valence electrons. The normalized spacial score (nSPS) is 23.4. The molecule has 2 rings (SSSR count). The van der Waals surface area contributed by atoms with Crippen molar-refractivity contribution in [2.45, 2.75) is 51.7 Å². The first-order chi connectivity index (χ1) is 9.19. The number of hydrogen-bond donors (Lipinski definition) is 1. The Morgan fingerprint density at radius 1 is 1.32 bits per heavy atom. The van der Waals surface area contributed by atoms with Crippen molar-refractivity contribution in [3.63, 3.8) is 0 Å². The van der Waals surface area contributed by atoms with Gasteiger partial charge < -0.3 is 10.1 Å². The van der Waals surface area contributed by atoms with E-state index in [1.807, 2.05) is 6.07 Å². The van der Waals surface area contributed by atoms with Gasteiger partial charge in [0.25, 0.3) is 0 Å². The van der Waals surface area contributed by atoms with Crippen molar-refractivity contribution in [1.82, 2.24) is 0 Å². The van der Waals surface area contributed by atoms with Crippen LogP contribution < -0.4 is 10.1 Å². The molecule has 0 amide bonds. The minimum absolute atomic E-state index is 0.233. The first kappa shape index (κ1) is 14.1. The lowest BCUT2D eigenvalue weighted by Crippen LogP contribution is -2.27. The third-order valence-electron chi connectivity index (χ3n) is 3.82. The maximum atomic E-state index is 12.3. The van der Waals surface area contributed by atoms with Crippen molar-refractivity contribution in [3.8, 4) is 5.75 Å². The highest BCUT2D eigenvalue weighted by molar-refractivity contribution is 5.56. The Hall–Kier alpha value is -1.32. The largest absolute Gasteiger partial charge is 0.433 e. The van der Waals surface area contributed by atoms with E-state index in [1.165, 1.54) is 19.3 Å². The Kier molecular flexibility index (Phi) is 5.00. The molecule has 1 aromatic rings. The molecular formula is C15H21F2NO. The maximum absolute atomic E-state index is 12.3. The first-order valence-electron chi connectivity index (χ1n) is 6.99. The van der Waals surface area contributed by atoms with Gasteiger partial charge in [-0.3, -0.25) is 0 Å². The van der Waals surface area contributed by atoms with Crippen LogP contribution in [0, 0.1) is 5.92 Å². The van der Waals surface area contributed by atoms with Crippen molar-refractivity contribution in [1.29, 1.82) is 0 Å². The number of benzene rings is 1. The molecule has 2 atom stereocenters. The molecule has 1 aliphatic carbocycles. The molecule has 0 aromatic heterocycles. The molecule has 1 aliphatic rings. The van der Waals surface area contributed by atoms with Crippen molar-refractivity contribution < 1.29 is 13.5 Å². The molecule has 0 heterocycles. The third kappa shape index (κ3) is 4.08. The molecule has 1 fully saturated rings. The highest BCUT2D eigenvalue weighted by atomic mass is 19.3. The zero-order valence-electron chi connectivity index (χ0n) is 11.2. The SMILES string of the molecule is CCC1CCCC(Nc2ccccc2OC(F)F)C1. The van der Waals surface area contributed by atoms with Gasteiger partial charge in [-0.1, -0.05) is 38.3 Å². The molecule has 0 bridgehead atoms. The molecule has 1 N–H and O–H groups in total. The average Bonchev–Trinajstić information content (AvgIpc) is 2.41. The second-order valence-electron chi connectivity index (χ2n) is 5.16. The Morgan fingerprint density at radius 3 is 2.84 bits per heavy atom. The summed E-state index contributed by atoms with van der Waals surface area (Å²) < 4.78 is 29.2. The van der Waals surface area contributed by atoms with Crippen molar-refractivity contribution in [3.05, 3.63) is 24.3 Å². The Balaban J connectivity index is 2.01. The van der Waals surface area contributed by atoms with E-state index in [9.17, 15) is 8.78 Å². The molecule has 1 aromatic carbocycles. The Labute approximate surface area is 113 Å². The van der Waals surface area contributed by atoms with E-state index in [-0.39, 0.29) is 5.75 Å². The quantitative estimate of drug-likeness (QED) is 0.838. The van der Waals surface area contributed by atoms with Crippen LogP contribution in [0.15, 0.2) is 24.3 Å². The van der Waals surface area contributed by atoms with E-state index in [2.05, 4.69) is 17.0 Å². The maximum Gasteiger partial charge on any atom is 0.387 e. The standard InChI is InChI=1S/C15H21F2NO/c1-2-11-6-5-7-12(10-11)18-13-8-3-4-9-14(13)19-15(16)17/h3-4,8-9,11-12,15,18H,2,5-7,10H2,1H3. The van der Waals surface area contributed by atoms with E-state index in [0.29, 0.717) is 11.7 Å². The summed E-state index contributed by atoms with van der Waals surface area (Å²) in [5.74, 6) is 0.977. The van der Waals surface area contributed by atoms with Gasteiger partial charge in [-0.15, -0.1) is 0 Å². The van der Waals surface area contributed by atoms with Gasteiger partial charge in [-0.25, -0.2) is 0 Å². The summed E-state index contributed by atoms with van der Waals surface area (Å²) in [5, 5.41) is 3.36. The van der Waals surface area contributed by atoms with Gasteiger partial charge in [0, 0.05) is 6.04 Å². The van der Waals surface area contributed by atoms with Crippen molar-refractivity contribution in [2.75, 3.05) is 5.32 Å². The Morgan fingerprint density at radius 2 is 2.11 bits per heavy atom. The van der Waals surface area contributed by atoms with Gasteiger partial charge in [0.2, 0.25) is 0 Å². The smallest absolute Gasteiger partial charge is 0.387 e. The number of para-hydroxylation sites is 2. The fourth-order valence-corrected chi connectivity index (χ4v) is 2.80. The minimum Gasteiger partial charge on any atom is -0.433 e. The molecule has 0 radical (unpaired) electrons. The highest BCUT2D eigenvalue weighted by Crippen LogP contribution is 2.32. The van der Waals surface area contributed by atoms with Crippen LogP contribution in [-0.2, 0) is 0 Å². The number of halogens is 2. The Bertz CT molecular complexity index is 397. The molecule has 0 spiro atoms. The number of alkyl halides is 2. The van der Waals surface area contributed by atoms with E-state index < -0.39 is 6.61 Å². The second-order valence-corrected chi connectivity index (χ2v) is 5.16. The van der Waals surface area contributed by atoms with Crippen molar-refractivity contribution in [2.24, 2.45) is 5.92 Å². The topological polar surface area (TPSA) is 21.3 Å². The van der Waals surface area contributed by atoms with E-state index >= 15 is 0 Å². The summed E-state index contributed by atoms with van der Waals surface area (Å²) >= 11 is 0. The number of anilines is 1. The predicted molar refractivity (Wildman–Crippen MR) is 72.7 cm³/mol. The van der Waals surface area contributed by atoms with Crippen LogP contribution in [0.2, 0.25) is 0 Å². The molecule has 2 unspecified atom stereocenters. The summed E-state index contributed by atoms with van der Waals surface area (Å²) in [6.07, 6.45) is 5.88. The number of ether oxygens (including phenoxy) is 1. The zero-order valence-corrected chi connectivity index (χ0v) is 11.2. The molecule has 4 heteroatoms. The lowest BCUT2D eigenvalue weighted by Gasteiger charge is -2.30. The molecule has 0 aliphatic heterocycles. The van der Waals surface area contributed by atoms with Crippen LogP contribution in [0.25, 0.3) is 0 Å². The molecule has 0 saturated heterocycles. The van der Waals surface area contributed by atoms with Gasteiger partial charge >= 0.3 is 6.61 Å². The van der Waals surface area contributed by atoms with Crippen LogP contribution in [0.1, 0.15) is 39.0 Å². The summed E-state index contributed by atoms with van der Waals surface area (Å²) in [6, 6.07) is 7.28. The van der Waals surface area contributed by atoms with Crippen LogP contribution in [0.3, 0.4) is 0 Å². The monoisotopic (exact) mass is 269 g/mol. The van der Waals surface area contributed by atoms with E-state index in [1.54, 1.807) is 18.2 Å². The second kappa shape index (κ2) is 6.73. The van der Waals surface area contributed by atoms with E-state index in [0.717, 1.165) is 18.8 Å². The fraction of sp³-hybridized carbons (Fsp3) is 0.600. The molecule has 2 nitrogen and oxygen atoms in total. The van der Waals surface area contributed by atoms with Gasteiger partial charge in [0.15, 0.2) is 0 Å². The minimum atomic E-state index is -2.78. The lowest BCUT2D eigenvalue weighted by atomic mass is 9.84. The number of nitrogens with one attached hydrogen (secondary N) is 1. The van der Waals surface area contributed by atoms with Gasteiger partial charge in [-0.05, 0) is 30.9 Å². The van der Waals surface area contributed by atoms with Crippen molar-refractivity contribution >= 4 is 5.69 Å². The summed E-state index contributed by atoms with van der Waals surface area (Å²) in [7, 11) is 0. The van der Waals surface area contributed by atoms with Gasteiger partial charge in [-0.2, -0.15) is 8.78 Å². The van der Waals surface area contributed by atoms with Crippen LogP contribution >= 0.6 is 0 Å². The third-order valence-corrected chi connectivity index (χ3v) is 3.82. The molecular weight excluding hydrogens is 248 g/mol. The van der Waals surface area contributed by atoms with Gasteiger partial charge in [0.05, 0.1) is 5.69 Å². The summed E-state index contributed by atoms with van der Waals surface area (Å²) in [4.78, 5) is 0. The van der Waals surface area contributed by atoms with E-state index in [4.69, 9.17) is 0 Å². The predicted octanol–water partition coefficient (Wildman–Crippen LogP) is 4.67. The van der Waals surface area contributed by atoms with Gasteiger partial charge in [0.1, 0.15) is 5.75 Å². The molecule has 19 heavy (non-hydrogen) atoms. The number of hydrogen-bond acceptors (Lipinski definition) is 2. The summed E-state index contributed by atoms with van der Waals surface area (Å²) in [5.41, 5.74) is 0.671. The molecule has 1 saturated carbocycles. The fourth-order valence-electron chi connectivity index (χ4n) is 2.80. The number of rotatable bonds is 5. The summed E-state index contributed by atoms with van der Waals surface area (Å²) in [6.45, 7) is -0.571.